The second-order valence-corrected chi connectivity index (χ2v) is 3.84. The highest BCUT2D eigenvalue weighted by molar-refractivity contribution is 6.30. The van der Waals surface area contributed by atoms with Crippen molar-refractivity contribution in [2.45, 2.75) is 13.0 Å². The number of hydrogen-bond acceptors (Lipinski definition) is 5. The number of benzene rings is 1. The average molecular weight is 269 g/mol. The molecule has 94 valence electrons. The van der Waals surface area contributed by atoms with Crippen molar-refractivity contribution in [2.75, 3.05) is 0 Å². The molecule has 0 aliphatic rings. The van der Waals surface area contributed by atoms with Gasteiger partial charge in [0.1, 0.15) is 12.2 Å². The minimum Gasteiger partial charge on any atom is -0.484 e. The molecule has 0 radical (unpaired) electrons. The Morgan fingerprint density at radius 2 is 1.94 bits per heavy atom. The van der Waals surface area contributed by atoms with Crippen molar-refractivity contribution in [3.05, 3.63) is 41.1 Å². The summed E-state index contributed by atoms with van der Waals surface area (Å²) in [7, 11) is 0. The molecule has 0 spiro atoms. The number of carbonyl (C=O) groups is 1. The van der Waals surface area contributed by atoms with Crippen molar-refractivity contribution in [1.29, 1.82) is 0 Å². The van der Waals surface area contributed by atoms with E-state index >= 15 is 0 Å². The molecule has 0 unspecified atom stereocenters. The van der Waals surface area contributed by atoms with E-state index in [9.17, 15) is 4.79 Å². The van der Waals surface area contributed by atoms with E-state index in [-0.39, 0.29) is 24.8 Å². The summed E-state index contributed by atoms with van der Waals surface area (Å²) in [6, 6.07) is 6.80. The van der Waals surface area contributed by atoms with Gasteiger partial charge in [0.05, 0.1) is 0 Å². The molecule has 0 aliphatic carbocycles. The second kappa shape index (κ2) is 5.50. The molecule has 18 heavy (non-hydrogen) atoms. The molecule has 0 saturated heterocycles. The molecule has 1 aromatic heterocycles. The summed E-state index contributed by atoms with van der Waals surface area (Å²) in [5, 5.41) is 16.4. The van der Waals surface area contributed by atoms with E-state index < -0.39 is 5.97 Å². The maximum absolute atomic E-state index is 10.4. The molecule has 2 rings (SSSR count). The zero-order valence-corrected chi connectivity index (χ0v) is 9.92. The lowest BCUT2D eigenvalue weighted by Crippen LogP contribution is -1.99. The topological polar surface area (TPSA) is 85.5 Å². The number of ether oxygens (including phenoxy) is 1. The Morgan fingerprint density at radius 3 is 2.61 bits per heavy atom. The zero-order chi connectivity index (χ0) is 13.0. The van der Waals surface area contributed by atoms with Crippen molar-refractivity contribution in [3.63, 3.8) is 0 Å². The molecular formula is C11H9ClN2O4. The first-order chi connectivity index (χ1) is 8.63. The predicted molar refractivity (Wildman–Crippen MR) is 61.4 cm³/mol. The molecule has 1 heterocycles. The van der Waals surface area contributed by atoms with E-state index in [2.05, 4.69) is 10.2 Å². The molecule has 6 nitrogen and oxygen atoms in total. The van der Waals surface area contributed by atoms with Gasteiger partial charge in [-0.3, -0.25) is 4.79 Å². The van der Waals surface area contributed by atoms with Crippen molar-refractivity contribution < 1.29 is 19.1 Å². The highest BCUT2D eigenvalue weighted by Crippen LogP contribution is 2.16. The van der Waals surface area contributed by atoms with Crippen LogP contribution in [-0.2, 0) is 17.8 Å². The van der Waals surface area contributed by atoms with Gasteiger partial charge >= 0.3 is 5.97 Å². The van der Waals surface area contributed by atoms with Crippen LogP contribution in [0.2, 0.25) is 5.02 Å². The summed E-state index contributed by atoms with van der Waals surface area (Å²) in [6.07, 6.45) is -0.298. The Morgan fingerprint density at radius 1 is 1.28 bits per heavy atom. The van der Waals surface area contributed by atoms with Crippen LogP contribution in [0.4, 0.5) is 0 Å². The molecule has 0 saturated carbocycles. The number of carboxylic acid groups (broad SMARTS) is 1. The van der Waals surface area contributed by atoms with Gasteiger partial charge in [0.2, 0.25) is 5.89 Å². The molecule has 0 amide bonds. The van der Waals surface area contributed by atoms with Gasteiger partial charge in [-0.25, -0.2) is 0 Å². The summed E-state index contributed by atoms with van der Waals surface area (Å²) < 4.78 is 10.4. The summed E-state index contributed by atoms with van der Waals surface area (Å²) in [6.45, 7) is 0.0776. The molecule has 1 N–H and O–H groups in total. The standard InChI is InChI=1S/C11H9ClN2O4/c12-7-1-3-8(4-2-7)17-6-10-14-13-9(18-10)5-11(15)16/h1-4H,5-6H2,(H,15,16). The molecular weight excluding hydrogens is 260 g/mol. The fourth-order valence-corrected chi connectivity index (χ4v) is 1.35. The second-order valence-electron chi connectivity index (χ2n) is 3.40. The Kier molecular flexibility index (Phi) is 3.78. The summed E-state index contributed by atoms with van der Waals surface area (Å²) >= 11 is 5.73. The molecule has 0 fully saturated rings. The van der Waals surface area contributed by atoms with Crippen LogP contribution in [0.3, 0.4) is 0 Å². The molecule has 0 aliphatic heterocycles. The lowest BCUT2D eigenvalue weighted by atomic mass is 10.3. The summed E-state index contributed by atoms with van der Waals surface area (Å²) in [4.78, 5) is 10.4. The Labute approximate surface area is 107 Å². The third kappa shape index (κ3) is 3.46. The number of carboxylic acids is 1. The number of rotatable bonds is 5. The molecule has 0 bridgehead atoms. The Bertz CT molecular complexity index is 538. The van der Waals surface area contributed by atoms with E-state index in [0.717, 1.165) is 0 Å². The first kappa shape index (κ1) is 12.4. The highest BCUT2D eigenvalue weighted by atomic mass is 35.5. The number of halogens is 1. The smallest absolute Gasteiger partial charge is 0.312 e. The van der Waals surface area contributed by atoms with Gasteiger partial charge in [-0.15, -0.1) is 10.2 Å². The zero-order valence-electron chi connectivity index (χ0n) is 9.17. The molecule has 1 aromatic carbocycles. The Balaban J connectivity index is 1.92. The average Bonchev–Trinajstić information content (AvgIpc) is 2.75. The van der Waals surface area contributed by atoms with Gasteiger partial charge in [-0.2, -0.15) is 0 Å². The molecule has 7 heteroatoms. The van der Waals surface area contributed by atoms with Crippen LogP contribution < -0.4 is 4.74 Å². The van der Waals surface area contributed by atoms with Crippen LogP contribution in [-0.4, -0.2) is 21.3 Å². The Hall–Kier alpha value is -2.08. The lowest BCUT2D eigenvalue weighted by Gasteiger charge is -2.02. The fourth-order valence-electron chi connectivity index (χ4n) is 1.22. The van der Waals surface area contributed by atoms with Crippen LogP contribution >= 0.6 is 11.6 Å². The van der Waals surface area contributed by atoms with Gasteiger partial charge in [0.25, 0.3) is 5.89 Å². The van der Waals surface area contributed by atoms with E-state index in [4.69, 9.17) is 25.9 Å². The van der Waals surface area contributed by atoms with E-state index in [1.165, 1.54) is 0 Å². The van der Waals surface area contributed by atoms with Gasteiger partial charge in [0.15, 0.2) is 6.61 Å². The van der Waals surface area contributed by atoms with Crippen LogP contribution in [0.5, 0.6) is 5.75 Å². The predicted octanol–water partition coefficient (Wildman–Crippen LogP) is 1.93. The highest BCUT2D eigenvalue weighted by Gasteiger charge is 2.10. The van der Waals surface area contributed by atoms with Crippen molar-refractivity contribution in [1.82, 2.24) is 10.2 Å². The van der Waals surface area contributed by atoms with Crippen molar-refractivity contribution in [3.8, 4) is 5.75 Å². The van der Waals surface area contributed by atoms with Crippen LogP contribution in [0.1, 0.15) is 11.8 Å². The molecule has 0 atom stereocenters. The number of hydrogen-bond donors (Lipinski definition) is 1. The number of nitrogens with zero attached hydrogens (tertiary/aromatic N) is 2. The first-order valence-corrected chi connectivity index (χ1v) is 5.42. The van der Waals surface area contributed by atoms with Crippen LogP contribution in [0.25, 0.3) is 0 Å². The minimum atomic E-state index is -1.02. The largest absolute Gasteiger partial charge is 0.484 e. The SMILES string of the molecule is O=C(O)Cc1nnc(COc2ccc(Cl)cc2)o1. The third-order valence-corrected chi connectivity index (χ3v) is 2.24. The summed E-state index contributed by atoms with van der Waals surface area (Å²) in [5.74, 6) is -0.139. The quantitative estimate of drug-likeness (QED) is 0.892. The van der Waals surface area contributed by atoms with Crippen LogP contribution in [0, 0.1) is 0 Å². The van der Waals surface area contributed by atoms with Gasteiger partial charge in [0, 0.05) is 5.02 Å². The lowest BCUT2D eigenvalue weighted by molar-refractivity contribution is -0.136. The maximum atomic E-state index is 10.4. The third-order valence-electron chi connectivity index (χ3n) is 1.99. The van der Waals surface area contributed by atoms with E-state index in [1.807, 2.05) is 0 Å². The van der Waals surface area contributed by atoms with Crippen molar-refractivity contribution >= 4 is 17.6 Å². The normalized spacial score (nSPS) is 10.3. The van der Waals surface area contributed by atoms with Gasteiger partial charge < -0.3 is 14.3 Å². The summed E-state index contributed by atoms with van der Waals surface area (Å²) in [5.41, 5.74) is 0. The monoisotopic (exact) mass is 268 g/mol. The number of aliphatic carboxylic acids is 1. The molecule has 2 aromatic rings. The maximum Gasteiger partial charge on any atom is 0.312 e. The minimum absolute atomic E-state index is 0.0530. The van der Waals surface area contributed by atoms with E-state index in [1.54, 1.807) is 24.3 Å². The number of aromatic nitrogens is 2. The van der Waals surface area contributed by atoms with Crippen LogP contribution in [0.15, 0.2) is 28.7 Å². The van der Waals surface area contributed by atoms with Gasteiger partial charge in [-0.05, 0) is 24.3 Å². The van der Waals surface area contributed by atoms with Gasteiger partial charge in [-0.1, -0.05) is 11.6 Å². The van der Waals surface area contributed by atoms with Crippen molar-refractivity contribution in [2.24, 2.45) is 0 Å². The fraction of sp³-hybridized carbons (Fsp3) is 0.182. The van der Waals surface area contributed by atoms with E-state index in [0.29, 0.717) is 10.8 Å². The first-order valence-electron chi connectivity index (χ1n) is 5.05.